The van der Waals surface area contributed by atoms with Gasteiger partial charge >= 0.3 is 0 Å². The van der Waals surface area contributed by atoms with Gasteiger partial charge in [0.05, 0.1) is 20.6 Å². The molecule has 0 spiro atoms. The van der Waals surface area contributed by atoms with Gasteiger partial charge in [-0.05, 0) is 6.92 Å². The summed E-state index contributed by atoms with van der Waals surface area (Å²) in [4.78, 5) is 0. The largest absolute Gasteiger partial charge is 1.00 e. The van der Waals surface area contributed by atoms with E-state index in [2.05, 4.69) is 6.92 Å². The molecule has 0 aromatic heterocycles. The van der Waals surface area contributed by atoms with Gasteiger partial charge in [0, 0.05) is 6.92 Å². The van der Waals surface area contributed by atoms with Crippen molar-refractivity contribution < 1.29 is 22.0 Å². The Morgan fingerprint density at radius 3 is 1.78 bits per heavy atom. The predicted octanol–water partition coefficient (Wildman–Crippen LogP) is -2.57. The first kappa shape index (κ1) is 11.9. The van der Waals surface area contributed by atoms with Gasteiger partial charge in [-0.25, -0.2) is 0 Å². The van der Waals surface area contributed by atoms with Gasteiger partial charge in [-0.2, -0.15) is 0 Å². The van der Waals surface area contributed by atoms with E-state index in [1.807, 2.05) is 21.0 Å². The van der Waals surface area contributed by atoms with Gasteiger partial charge in [0.25, 0.3) is 0 Å². The van der Waals surface area contributed by atoms with E-state index >= 15 is 0 Å². The molecule has 0 bridgehead atoms. The van der Waals surface area contributed by atoms with Crippen LogP contribution < -0.4 is 12.4 Å². The molecule has 1 N–H and O–H groups in total. The third kappa shape index (κ3) is 3.73. The van der Waals surface area contributed by atoms with E-state index in [9.17, 15) is 0 Å². The van der Waals surface area contributed by atoms with Crippen LogP contribution in [-0.2, 0) is 0 Å². The summed E-state index contributed by atoms with van der Waals surface area (Å²) < 4.78 is 0.681. The molecule has 1 atom stereocenters. The van der Waals surface area contributed by atoms with Crippen LogP contribution in [0.5, 0.6) is 0 Å². The van der Waals surface area contributed by atoms with Crippen LogP contribution in [0.4, 0.5) is 0 Å². The molecular formula is C6H16ClNO. The smallest absolute Gasteiger partial charge is 0.187 e. The lowest BCUT2D eigenvalue weighted by atomic mass is 10.4. The zero-order chi connectivity index (χ0) is 6.78. The summed E-state index contributed by atoms with van der Waals surface area (Å²) in [6.45, 7) is 4.84. The summed E-state index contributed by atoms with van der Waals surface area (Å²) in [5.41, 5.74) is 0. The zero-order valence-corrected chi connectivity index (χ0v) is 7.31. The Balaban J connectivity index is 0. The summed E-state index contributed by atoms with van der Waals surface area (Å²) in [5.74, 6) is 0. The molecule has 0 heterocycles. The van der Waals surface area contributed by atoms with Crippen LogP contribution in [0.2, 0.25) is 0 Å². The summed E-state index contributed by atoms with van der Waals surface area (Å²) >= 11 is 0. The van der Waals surface area contributed by atoms with E-state index in [1.165, 1.54) is 0 Å². The highest BCUT2D eigenvalue weighted by atomic mass is 35.5. The molecule has 0 aliphatic heterocycles. The molecular weight excluding hydrogens is 138 g/mol. The van der Waals surface area contributed by atoms with E-state index in [-0.39, 0.29) is 18.6 Å². The fourth-order valence-electron chi connectivity index (χ4n) is 0.264. The van der Waals surface area contributed by atoms with Gasteiger partial charge in [0.15, 0.2) is 6.23 Å². The molecule has 0 aromatic rings. The minimum absolute atomic E-state index is 0. The Hall–Kier alpha value is 0.210. The Kier molecular flexibility index (Phi) is 5.43. The minimum Gasteiger partial charge on any atom is -1.00 e. The van der Waals surface area contributed by atoms with Crippen molar-refractivity contribution in [3.8, 4) is 0 Å². The predicted molar refractivity (Wildman–Crippen MR) is 34.3 cm³/mol. The molecule has 0 fully saturated rings. The number of aliphatic hydroxyl groups is 1. The first-order valence-electron chi connectivity index (χ1n) is 3.01. The van der Waals surface area contributed by atoms with Crippen molar-refractivity contribution in [2.24, 2.45) is 0 Å². The molecule has 58 valence electrons. The first-order valence-corrected chi connectivity index (χ1v) is 3.01. The number of aliphatic hydroxyl groups excluding tert-OH is 1. The Morgan fingerprint density at radius 1 is 1.44 bits per heavy atom. The Labute approximate surface area is 63.5 Å². The van der Waals surface area contributed by atoms with Crippen LogP contribution in [0, 0.1) is 0 Å². The number of halogens is 1. The molecule has 1 unspecified atom stereocenters. The topological polar surface area (TPSA) is 20.2 Å². The van der Waals surface area contributed by atoms with Gasteiger partial charge in [0.1, 0.15) is 0 Å². The number of quaternary nitrogens is 1. The van der Waals surface area contributed by atoms with Crippen LogP contribution in [0.1, 0.15) is 13.8 Å². The Bertz CT molecular complexity index is 73.5. The van der Waals surface area contributed by atoms with E-state index in [0.717, 1.165) is 6.54 Å². The molecule has 0 saturated heterocycles. The molecule has 0 aliphatic rings. The second-order valence-electron chi connectivity index (χ2n) is 2.73. The maximum Gasteiger partial charge on any atom is 0.187 e. The Morgan fingerprint density at radius 2 is 1.78 bits per heavy atom. The number of rotatable bonds is 2. The molecule has 0 amide bonds. The minimum atomic E-state index is -0.250. The molecule has 0 aromatic carbocycles. The lowest BCUT2D eigenvalue weighted by Crippen LogP contribution is -3.00. The average molecular weight is 154 g/mol. The van der Waals surface area contributed by atoms with Crippen LogP contribution in [0.15, 0.2) is 0 Å². The third-order valence-corrected chi connectivity index (χ3v) is 1.83. The molecule has 0 radical (unpaired) electrons. The molecule has 0 saturated carbocycles. The maximum absolute atomic E-state index is 9.05. The molecule has 0 rings (SSSR count). The lowest BCUT2D eigenvalue weighted by Gasteiger charge is -2.30. The van der Waals surface area contributed by atoms with Gasteiger partial charge in [-0.15, -0.1) is 0 Å². The third-order valence-electron chi connectivity index (χ3n) is 1.83. The zero-order valence-electron chi connectivity index (χ0n) is 6.56. The van der Waals surface area contributed by atoms with Gasteiger partial charge in [0.2, 0.25) is 0 Å². The van der Waals surface area contributed by atoms with Crippen molar-refractivity contribution in [1.82, 2.24) is 0 Å². The highest BCUT2D eigenvalue weighted by molar-refractivity contribution is 4.25. The van der Waals surface area contributed by atoms with E-state index in [4.69, 9.17) is 5.11 Å². The van der Waals surface area contributed by atoms with Gasteiger partial charge in [-0.3, -0.25) is 0 Å². The van der Waals surface area contributed by atoms with Crippen LogP contribution in [-0.4, -0.2) is 36.5 Å². The number of hydrogen-bond acceptors (Lipinski definition) is 1. The standard InChI is InChI=1S/C6H16NO.ClH/c1-5-7(3,4)6(2)8;/h6,8H,5H2,1-4H3;1H/q+1;/p-1. The van der Waals surface area contributed by atoms with Crippen molar-refractivity contribution in [2.45, 2.75) is 20.1 Å². The van der Waals surface area contributed by atoms with Crippen LogP contribution >= 0.6 is 0 Å². The summed E-state index contributed by atoms with van der Waals surface area (Å²) in [6, 6.07) is 0. The van der Waals surface area contributed by atoms with Gasteiger partial charge in [-0.1, -0.05) is 0 Å². The van der Waals surface area contributed by atoms with Crippen molar-refractivity contribution >= 4 is 0 Å². The molecule has 2 nitrogen and oxygen atoms in total. The van der Waals surface area contributed by atoms with E-state index in [0.29, 0.717) is 4.48 Å². The average Bonchev–Trinajstić information content (AvgIpc) is 1.67. The molecule has 3 heteroatoms. The van der Waals surface area contributed by atoms with Gasteiger partial charge < -0.3 is 22.0 Å². The second-order valence-corrected chi connectivity index (χ2v) is 2.73. The van der Waals surface area contributed by atoms with E-state index in [1.54, 1.807) is 0 Å². The van der Waals surface area contributed by atoms with Crippen molar-refractivity contribution in [3.63, 3.8) is 0 Å². The monoisotopic (exact) mass is 153 g/mol. The fraction of sp³-hybridized carbons (Fsp3) is 1.00. The SMILES string of the molecule is CC[N+](C)(C)C(C)O.[Cl-]. The highest BCUT2D eigenvalue weighted by Crippen LogP contribution is 2.00. The number of hydrogen-bond donors (Lipinski definition) is 1. The first-order chi connectivity index (χ1) is 3.50. The second kappa shape index (κ2) is 4.09. The van der Waals surface area contributed by atoms with Crippen LogP contribution in [0.25, 0.3) is 0 Å². The van der Waals surface area contributed by atoms with E-state index < -0.39 is 0 Å². The molecule has 9 heavy (non-hydrogen) atoms. The van der Waals surface area contributed by atoms with Crippen molar-refractivity contribution in [1.29, 1.82) is 0 Å². The summed E-state index contributed by atoms with van der Waals surface area (Å²) in [5, 5.41) is 9.05. The fourth-order valence-corrected chi connectivity index (χ4v) is 0.264. The van der Waals surface area contributed by atoms with Crippen molar-refractivity contribution in [2.75, 3.05) is 20.6 Å². The summed E-state index contributed by atoms with van der Waals surface area (Å²) in [7, 11) is 4.01. The highest BCUT2D eigenvalue weighted by Gasteiger charge is 2.17. The van der Waals surface area contributed by atoms with Crippen molar-refractivity contribution in [3.05, 3.63) is 0 Å². The lowest BCUT2D eigenvalue weighted by molar-refractivity contribution is -0.932. The maximum atomic E-state index is 9.05. The van der Waals surface area contributed by atoms with Crippen LogP contribution in [0.3, 0.4) is 0 Å². The quantitative estimate of drug-likeness (QED) is 0.342. The molecule has 0 aliphatic carbocycles. The normalized spacial score (nSPS) is 14.3. The summed E-state index contributed by atoms with van der Waals surface area (Å²) in [6.07, 6.45) is -0.250. The number of nitrogens with zero attached hydrogens (tertiary/aromatic N) is 1.